The van der Waals surface area contributed by atoms with Crippen molar-refractivity contribution in [2.24, 2.45) is 0 Å². The van der Waals surface area contributed by atoms with Gasteiger partial charge in [0.2, 0.25) is 0 Å². The molecule has 0 radical (unpaired) electrons. The number of benzene rings is 2. The number of hydrogen-bond donors (Lipinski definition) is 4. The summed E-state index contributed by atoms with van der Waals surface area (Å²) in [6, 6.07) is 7.42. The lowest BCUT2D eigenvalue weighted by atomic mass is 9.99. The van der Waals surface area contributed by atoms with E-state index in [9.17, 15) is 20.4 Å². The Labute approximate surface area is 134 Å². The van der Waals surface area contributed by atoms with Gasteiger partial charge in [-0.05, 0) is 24.1 Å². The molecule has 124 valence electrons. The van der Waals surface area contributed by atoms with Crippen LogP contribution in [0.25, 0.3) is 0 Å². The molecule has 0 amide bonds. The van der Waals surface area contributed by atoms with Crippen molar-refractivity contribution in [2.75, 3.05) is 14.2 Å². The number of methoxy groups -OCH3 is 2. The zero-order valence-electron chi connectivity index (χ0n) is 13.0. The van der Waals surface area contributed by atoms with E-state index in [0.29, 0.717) is 23.5 Å². The van der Waals surface area contributed by atoms with Gasteiger partial charge < -0.3 is 29.9 Å². The summed E-state index contributed by atoms with van der Waals surface area (Å²) in [5, 5.41) is 39.2. The summed E-state index contributed by atoms with van der Waals surface area (Å²) in [5.41, 5.74) is 1.20. The quantitative estimate of drug-likeness (QED) is 0.649. The molecule has 0 heterocycles. The molecule has 6 nitrogen and oxygen atoms in total. The van der Waals surface area contributed by atoms with E-state index >= 15 is 0 Å². The number of phenols is 3. The molecule has 23 heavy (non-hydrogen) atoms. The first-order chi connectivity index (χ1) is 10.9. The smallest absolute Gasteiger partial charge is 0.160 e. The first-order valence-electron chi connectivity index (χ1n) is 7.07. The van der Waals surface area contributed by atoms with Gasteiger partial charge in [0, 0.05) is 24.1 Å². The van der Waals surface area contributed by atoms with Gasteiger partial charge in [-0.15, -0.1) is 0 Å². The van der Waals surface area contributed by atoms with Crippen molar-refractivity contribution in [2.45, 2.75) is 18.9 Å². The summed E-state index contributed by atoms with van der Waals surface area (Å²) >= 11 is 0. The molecule has 0 bridgehead atoms. The number of aromatic hydroxyl groups is 3. The highest BCUT2D eigenvalue weighted by Crippen LogP contribution is 2.34. The van der Waals surface area contributed by atoms with Gasteiger partial charge in [0.15, 0.2) is 11.5 Å². The number of rotatable bonds is 6. The predicted octanol–water partition coefficient (Wildman–Crippen LogP) is 1.97. The van der Waals surface area contributed by atoms with Gasteiger partial charge >= 0.3 is 0 Å². The zero-order valence-corrected chi connectivity index (χ0v) is 13.0. The molecule has 1 atom stereocenters. The standard InChI is InChI=1S/C17H20O6/c1-22-16-9-12(19)8-15(21)13(16)7-11(18)5-10-3-4-14(20)17(6-10)23-2/h3-4,6,8-9,11,18-21H,5,7H2,1-2H3/t11-/m0/s1. The Morgan fingerprint density at radius 1 is 0.870 bits per heavy atom. The number of aliphatic hydroxyl groups is 1. The van der Waals surface area contributed by atoms with Gasteiger partial charge in [-0.25, -0.2) is 0 Å². The van der Waals surface area contributed by atoms with Crippen molar-refractivity contribution in [3.63, 3.8) is 0 Å². The Hall–Kier alpha value is -2.60. The van der Waals surface area contributed by atoms with E-state index in [0.717, 1.165) is 5.56 Å². The Bertz CT molecular complexity index is 683. The molecule has 0 aliphatic heterocycles. The Kier molecular flexibility index (Phi) is 5.18. The van der Waals surface area contributed by atoms with Crippen LogP contribution in [0.1, 0.15) is 11.1 Å². The SMILES string of the molecule is COc1cc(C[C@H](O)Cc2c(O)cc(O)cc2OC)ccc1O. The average Bonchev–Trinajstić information content (AvgIpc) is 2.51. The van der Waals surface area contributed by atoms with Crippen molar-refractivity contribution < 1.29 is 29.9 Å². The second-order valence-corrected chi connectivity index (χ2v) is 5.21. The normalized spacial score (nSPS) is 12.0. The maximum atomic E-state index is 10.3. The third-order valence-corrected chi connectivity index (χ3v) is 3.55. The lowest BCUT2D eigenvalue weighted by molar-refractivity contribution is 0.173. The summed E-state index contributed by atoms with van der Waals surface area (Å²) in [4.78, 5) is 0. The first-order valence-corrected chi connectivity index (χ1v) is 7.07. The summed E-state index contributed by atoms with van der Waals surface area (Å²) in [7, 11) is 2.88. The van der Waals surface area contributed by atoms with Gasteiger partial charge in [-0.3, -0.25) is 0 Å². The number of aliphatic hydroxyl groups excluding tert-OH is 1. The van der Waals surface area contributed by atoms with E-state index < -0.39 is 6.10 Å². The average molecular weight is 320 g/mol. The molecular weight excluding hydrogens is 300 g/mol. The van der Waals surface area contributed by atoms with E-state index in [1.165, 1.54) is 32.4 Å². The van der Waals surface area contributed by atoms with Crippen molar-refractivity contribution in [1.29, 1.82) is 0 Å². The molecule has 0 fully saturated rings. The summed E-state index contributed by atoms with van der Waals surface area (Å²) in [6.45, 7) is 0. The molecule has 0 saturated carbocycles. The highest BCUT2D eigenvalue weighted by atomic mass is 16.5. The van der Waals surface area contributed by atoms with Gasteiger partial charge in [0.25, 0.3) is 0 Å². The van der Waals surface area contributed by atoms with Gasteiger partial charge in [-0.2, -0.15) is 0 Å². The molecule has 0 unspecified atom stereocenters. The molecule has 2 aromatic rings. The Balaban J connectivity index is 2.15. The van der Waals surface area contributed by atoms with Crippen molar-refractivity contribution in [3.8, 4) is 28.7 Å². The summed E-state index contributed by atoms with van der Waals surface area (Å²) in [6.07, 6.45) is -0.327. The number of hydrogen-bond acceptors (Lipinski definition) is 6. The second-order valence-electron chi connectivity index (χ2n) is 5.21. The molecule has 0 saturated heterocycles. The predicted molar refractivity (Wildman–Crippen MR) is 84.4 cm³/mol. The molecule has 2 rings (SSSR count). The molecule has 0 aliphatic carbocycles. The number of ether oxygens (including phenoxy) is 2. The fraction of sp³-hybridized carbons (Fsp3) is 0.294. The van der Waals surface area contributed by atoms with Crippen LogP contribution < -0.4 is 9.47 Å². The highest BCUT2D eigenvalue weighted by Gasteiger charge is 2.16. The van der Waals surface area contributed by atoms with Gasteiger partial charge in [0.05, 0.1) is 20.3 Å². The van der Waals surface area contributed by atoms with Crippen LogP contribution in [-0.2, 0) is 12.8 Å². The van der Waals surface area contributed by atoms with E-state index in [4.69, 9.17) is 9.47 Å². The molecule has 4 N–H and O–H groups in total. The van der Waals surface area contributed by atoms with Crippen LogP contribution in [0.5, 0.6) is 28.7 Å². The van der Waals surface area contributed by atoms with Gasteiger partial charge in [0.1, 0.15) is 17.2 Å². The van der Waals surface area contributed by atoms with Crippen LogP contribution in [-0.4, -0.2) is 40.7 Å². The van der Waals surface area contributed by atoms with Crippen LogP contribution in [0.2, 0.25) is 0 Å². The maximum Gasteiger partial charge on any atom is 0.160 e. The van der Waals surface area contributed by atoms with E-state index in [1.54, 1.807) is 12.1 Å². The highest BCUT2D eigenvalue weighted by molar-refractivity contribution is 5.50. The molecule has 6 heteroatoms. The van der Waals surface area contributed by atoms with Crippen molar-refractivity contribution in [3.05, 3.63) is 41.5 Å². The van der Waals surface area contributed by atoms with E-state index in [2.05, 4.69) is 0 Å². The van der Waals surface area contributed by atoms with Crippen molar-refractivity contribution in [1.82, 2.24) is 0 Å². The molecule has 0 spiro atoms. The fourth-order valence-electron chi connectivity index (χ4n) is 2.43. The van der Waals surface area contributed by atoms with Crippen LogP contribution in [0.4, 0.5) is 0 Å². The lowest BCUT2D eigenvalue weighted by Crippen LogP contribution is -2.14. The summed E-state index contributed by atoms with van der Waals surface area (Å²) < 4.78 is 10.2. The van der Waals surface area contributed by atoms with Crippen LogP contribution >= 0.6 is 0 Å². The molecule has 2 aromatic carbocycles. The van der Waals surface area contributed by atoms with Crippen LogP contribution in [0.3, 0.4) is 0 Å². The largest absolute Gasteiger partial charge is 0.508 e. The Morgan fingerprint density at radius 3 is 2.22 bits per heavy atom. The second kappa shape index (κ2) is 7.11. The molecule has 0 aliphatic rings. The first kappa shape index (κ1) is 16.8. The van der Waals surface area contributed by atoms with Gasteiger partial charge in [-0.1, -0.05) is 6.07 Å². The van der Waals surface area contributed by atoms with Crippen LogP contribution in [0, 0.1) is 0 Å². The summed E-state index contributed by atoms with van der Waals surface area (Å²) in [5.74, 6) is 0.429. The third-order valence-electron chi connectivity index (χ3n) is 3.55. The minimum atomic E-state index is -0.784. The minimum Gasteiger partial charge on any atom is -0.508 e. The maximum absolute atomic E-state index is 10.3. The third kappa shape index (κ3) is 3.98. The minimum absolute atomic E-state index is 0.0311. The van der Waals surface area contributed by atoms with E-state index in [1.807, 2.05) is 0 Å². The fourth-order valence-corrected chi connectivity index (χ4v) is 2.43. The molecular formula is C17H20O6. The monoisotopic (exact) mass is 320 g/mol. The number of phenolic OH excluding ortho intramolecular Hbond substituents is 3. The van der Waals surface area contributed by atoms with Crippen LogP contribution in [0.15, 0.2) is 30.3 Å². The lowest BCUT2D eigenvalue weighted by Gasteiger charge is -2.16. The Morgan fingerprint density at radius 2 is 1.57 bits per heavy atom. The van der Waals surface area contributed by atoms with Crippen molar-refractivity contribution >= 4 is 0 Å². The van der Waals surface area contributed by atoms with E-state index in [-0.39, 0.29) is 23.7 Å². The zero-order chi connectivity index (χ0) is 17.0. The molecule has 0 aromatic heterocycles. The topological polar surface area (TPSA) is 99.4 Å².